The molecule has 2 nitrogen and oxygen atoms in total. The van der Waals surface area contributed by atoms with E-state index in [1.807, 2.05) is 18.2 Å². The fourth-order valence-corrected chi connectivity index (χ4v) is 1.24. The van der Waals surface area contributed by atoms with Crippen molar-refractivity contribution < 1.29 is 4.42 Å². The van der Waals surface area contributed by atoms with Crippen LogP contribution >= 0.6 is 11.6 Å². The summed E-state index contributed by atoms with van der Waals surface area (Å²) in [6, 6.07) is 8.59. The number of rotatable bonds is 2. The van der Waals surface area contributed by atoms with Crippen LogP contribution in [0.2, 0.25) is 0 Å². The monoisotopic (exact) mass is 192 g/mol. The van der Waals surface area contributed by atoms with E-state index in [4.69, 9.17) is 16.0 Å². The van der Waals surface area contributed by atoms with E-state index in [0.29, 0.717) is 11.8 Å². The topological polar surface area (TPSA) is 26.0 Å². The molecule has 0 bridgehead atoms. The highest BCUT2D eigenvalue weighted by Gasteiger charge is 2.01. The van der Waals surface area contributed by atoms with E-state index in [1.165, 1.54) is 0 Å². The molecule has 1 heterocycles. The fraction of sp³-hybridized carbons (Fsp3) is 0.100. The number of oxazole rings is 1. The third-order valence-electron chi connectivity index (χ3n) is 1.68. The SMILES string of the molecule is ClCc1c[c]cc(-c2ncco2)c1. The third kappa shape index (κ3) is 1.73. The van der Waals surface area contributed by atoms with Gasteiger partial charge in [0.2, 0.25) is 5.89 Å². The molecule has 1 aromatic heterocycles. The molecule has 3 heteroatoms. The lowest BCUT2D eigenvalue weighted by molar-refractivity contribution is 0.574. The molecule has 0 atom stereocenters. The highest BCUT2D eigenvalue weighted by molar-refractivity contribution is 6.17. The molecule has 0 N–H and O–H groups in total. The Morgan fingerprint density at radius 1 is 1.46 bits per heavy atom. The van der Waals surface area contributed by atoms with Crippen LogP contribution in [0.15, 0.2) is 35.1 Å². The standard InChI is InChI=1S/C10H7ClNO/c11-7-8-2-1-3-9(6-8)10-12-4-5-13-10/h2-6H,7H2. The van der Waals surface area contributed by atoms with Gasteiger partial charge in [0.15, 0.2) is 0 Å². The summed E-state index contributed by atoms with van der Waals surface area (Å²) in [4.78, 5) is 4.03. The van der Waals surface area contributed by atoms with Crippen molar-refractivity contribution in [1.29, 1.82) is 0 Å². The molecule has 2 aromatic rings. The van der Waals surface area contributed by atoms with Crippen molar-refractivity contribution >= 4 is 11.6 Å². The van der Waals surface area contributed by atoms with Crippen LogP contribution in [0.5, 0.6) is 0 Å². The molecule has 0 aliphatic carbocycles. The summed E-state index contributed by atoms with van der Waals surface area (Å²) >= 11 is 5.69. The van der Waals surface area contributed by atoms with E-state index >= 15 is 0 Å². The van der Waals surface area contributed by atoms with Gasteiger partial charge in [0, 0.05) is 11.4 Å². The lowest BCUT2D eigenvalue weighted by Gasteiger charge is -1.97. The number of hydrogen-bond donors (Lipinski definition) is 0. The van der Waals surface area contributed by atoms with Gasteiger partial charge in [-0.05, 0) is 29.8 Å². The summed E-state index contributed by atoms with van der Waals surface area (Å²) in [6.07, 6.45) is 3.16. The lowest BCUT2D eigenvalue weighted by atomic mass is 10.1. The first-order chi connectivity index (χ1) is 6.40. The van der Waals surface area contributed by atoms with Crippen LogP contribution in [0, 0.1) is 6.07 Å². The zero-order valence-corrected chi connectivity index (χ0v) is 7.58. The Morgan fingerprint density at radius 2 is 2.38 bits per heavy atom. The molecular formula is C10H7ClNO. The van der Waals surface area contributed by atoms with Crippen LogP contribution in [-0.2, 0) is 5.88 Å². The van der Waals surface area contributed by atoms with Gasteiger partial charge in [-0.15, -0.1) is 11.6 Å². The quantitative estimate of drug-likeness (QED) is 0.684. The van der Waals surface area contributed by atoms with Crippen molar-refractivity contribution in [2.45, 2.75) is 5.88 Å². The molecule has 13 heavy (non-hydrogen) atoms. The number of alkyl halides is 1. The summed E-state index contributed by atoms with van der Waals surface area (Å²) in [6.45, 7) is 0. The minimum atomic E-state index is 0.477. The number of halogens is 1. The minimum Gasteiger partial charge on any atom is -0.445 e. The molecule has 65 valence electrons. The molecule has 0 spiro atoms. The van der Waals surface area contributed by atoms with Crippen LogP contribution in [0.3, 0.4) is 0 Å². The minimum absolute atomic E-state index is 0.477. The van der Waals surface area contributed by atoms with Crippen molar-refractivity contribution in [3.63, 3.8) is 0 Å². The smallest absolute Gasteiger partial charge is 0.225 e. The van der Waals surface area contributed by atoms with Crippen molar-refractivity contribution in [2.75, 3.05) is 0 Å². The first-order valence-corrected chi connectivity index (χ1v) is 4.39. The molecular weight excluding hydrogens is 186 g/mol. The molecule has 0 aliphatic heterocycles. The van der Waals surface area contributed by atoms with Gasteiger partial charge in [0.25, 0.3) is 0 Å². The van der Waals surface area contributed by atoms with Gasteiger partial charge in [0.05, 0.1) is 6.20 Å². The molecule has 0 unspecified atom stereocenters. The van der Waals surface area contributed by atoms with Gasteiger partial charge < -0.3 is 4.42 Å². The maximum atomic E-state index is 5.69. The Bertz CT molecular complexity index is 384. The highest BCUT2D eigenvalue weighted by Crippen LogP contribution is 2.18. The van der Waals surface area contributed by atoms with E-state index in [0.717, 1.165) is 11.1 Å². The number of aromatic nitrogens is 1. The number of hydrogen-bond acceptors (Lipinski definition) is 2. The molecule has 0 amide bonds. The molecule has 1 aromatic carbocycles. The molecule has 0 aliphatic rings. The second kappa shape index (κ2) is 3.62. The summed E-state index contributed by atoms with van der Waals surface area (Å²) in [5, 5.41) is 0. The van der Waals surface area contributed by atoms with Gasteiger partial charge in [-0.25, -0.2) is 4.98 Å². The Hall–Kier alpha value is -1.28. The van der Waals surface area contributed by atoms with E-state index in [-0.39, 0.29) is 0 Å². The second-order valence-electron chi connectivity index (χ2n) is 2.60. The van der Waals surface area contributed by atoms with Gasteiger partial charge in [-0.3, -0.25) is 0 Å². The van der Waals surface area contributed by atoms with E-state index in [2.05, 4.69) is 11.1 Å². The zero-order valence-electron chi connectivity index (χ0n) is 6.83. The Kier molecular flexibility index (Phi) is 2.32. The second-order valence-corrected chi connectivity index (χ2v) is 2.87. The first kappa shape index (κ1) is 8.32. The maximum Gasteiger partial charge on any atom is 0.225 e. The van der Waals surface area contributed by atoms with Crippen LogP contribution in [0.25, 0.3) is 11.5 Å². The molecule has 0 saturated carbocycles. The van der Waals surface area contributed by atoms with E-state index < -0.39 is 0 Å². The third-order valence-corrected chi connectivity index (χ3v) is 1.99. The van der Waals surface area contributed by atoms with Crippen molar-refractivity contribution in [3.05, 3.63) is 42.3 Å². The number of nitrogens with zero attached hydrogens (tertiary/aromatic N) is 1. The van der Waals surface area contributed by atoms with E-state index in [9.17, 15) is 0 Å². The van der Waals surface area contributed by atoms with Crippen LogP contribution < -0.4 is 0 Å². The van der Waals surface area contributed by atoms with Gasteiger partial charge in [-0.2, -0.15) is 0 Å². The molecule has 0 fully saturated rings. The van der Waals surface area contributed by atoms with Crippen molar-refractivity contribution in [3.8, 4) is 11.5 Å². The van der Waals surface area contributed by atoms with Crippen molar-refractivity contribution in [1.82, 2.24) is 4.98 Å². The van der Waals surface area contributed by atoms with Gasteiger partial charge in [0.1, 0.15) is 6.26 Å². The number of benzene rings is 1. The van der Waals surface area contributed by atoms with Crippen LogP contribution in [-0.4, -0.2) is 4.98 Å². The summed E-state index contributed by atoms with van der Waals surface area (Å²) in [5.74, 6) is 1.08. The normalized spacial score (nSPS) is 10.2. The Balaban J connectivity index is 2.41. The largest absolute Gasteiger partial charge is 0.445 e. The first-order valence-electron chi connectivity index (χ1n) is 3.86. The molecule has 1 radical (unpaired) electrons. The predicted molar refractivity (Wildman–Crippen MR) is 50.3 cm³/mol. The zero-order chi connectivity index (χ0) is 9.10. The molecule has 2 rings (SSSR count). The highest BCUT2D eigenvalue weighted by atomic mass is 35.5. The Labute approximate surface area is 81.2 Å². The predicted octanol–water partition coefficient (Wildman–Crippen LogP) is 2.88. The maximum absolute atomic E-state index is 5.69. The van der Waals surface area contributed by atoms with Gasteiger partial charge in [-0.1, -0.05) is 0 Å². The van der Waals surface area contributed by atoms with E-state index in [1.54, 1.807) is 12.5 Å². The van der Waals surface area contributed by atoms with Crippen LogP contribution in [0.1, 0.15) is 5.56 Å². The molecule has 0 saturated heterocycles. The average Bonchev–Trinajstić information content (AvgIpc) is 2.71. The average molecular weight is 193 g/mol. The summed E-state index contributed by atoms with van der Waals surface area (Å²) < 4.78 is 5.14. The van der Waals surface area contributed by atoms with Crippen molar-refractivity contribution in [2.24, 2.45) is 0 Å². The summed E-state index contributed by atoms with van der Waals surface area (Å²) in [7, 11) is 0. The fourth-order valence-electron chi connectivity index (χ4n) is 1.09. The lowest BCUT2D eigenvalue weighted by Crippen LogP contribution is -1.81. The Morgan fingerprint density at radius 3 is 3.08 bits per heavy atom. The summed E-state index contributed by atoms with van der Waals surface area (Å²) in [5.41, 5.74) is 1.92. The van der Waals surface area contributed by atoms with Gasteiger partial charge >= 0.3 is 0 Å². The van der Waals surface area contributed by atoms with Crippen LogP contribution in [0.4, 0.5) is 0 Å².